The molecule has 0 bridgehead atoms. The Morgan fingerprint density at radius 1 is 1.23 bits per heavy atom. The highest BCUT2D eigenvalue weighted by atomic mass is 16.6. The second kappa shape index (κ2) is 9.82. The highest BCUT2D eigenvalue weighted by molar-refractivity contribution is 5.93. The van der Waals surface area contributed by atoms with Gasteiger partial charge in [-0.1, -0.05) is 43.7 Å². The summed E-state index contributed by atoms with van der Waals surface area (Å²) in [6, 6.07) is 13.7. The maximum Gasteiger partial charge on any atom is 0.279 e. The lowest BCUT2D eigenvalue weighted by molar-refractivity contribution is -0.383. The quantitative estimate of drug-likeness (QED) is 0.390. The topological polar surface area (TPSA) is 105 Å². The van der Waals surface area contributed by atoms with E-state index < -0.39 is 11.0 Å². The molecule has 2 N–H and O–H groups in total. The molecule has 1 atom stereocenters. The molecule has 0 saturated heterocycles. The molecule has 1 amide bonds. The first kappa shape index (κ1) is 21.2. The Labute approximate surface area is 174 Å². The average Bonchev–Trinajstić information content (AvgIpc) is 2.76. The van der Waals surface area contributed by atoms with Crippen LogP contribution in [0.4, 0.5) is 5.69 Å². The van der Waals surface area contributed by atoms with Crippen molar-refractivity contribution in [3.05, 3.63) is 76.0 Å². The Hall–Kier alpha value is -3.48. The minimum Gasteiger partial charge on any atom is -0.505 e. The van der Waals surface area contributed by atoms with E-state index in [1.807, 2.05) is 37.3 Å². The van der Waals surface area contributed by atoms with Gasteiger partial charge in [-0.3, -0.25) is 19.9 Å². The number of amides is 1. The van der Waals surface area contributed by atoms with Gasteiger partial charge in [0, 0.05) is 24.2 Å². The normalized spacial score (nSPS) is 11.9. The van der Waals surface area contributed by atoms with E-state index in [9.17, 15) is 20.0 Å². The number of aryl methyl sites for hydroxylation is 1. The van der Waals surface area contributed by atoms with Gasteiger partial charge in [0.05, 0.1) is 16.4 Å². The molecule has 2 aromatic carbocycles. The van der Waals surface area contributed by atoms with Crippen molar-refractivity contribution in [2.75, 3.05) is 0 Å². The maximum absolute atomic E-state index is 12.4. The number of fused-ring (bicyclic) bond motifs is 1. The zero-order valence-corrected chi connectivity index (χ0v) is 16.9. The van der Waals surface area contributed by atoms with Crippen LogP contribution in [0.3, 0.4) is 0 Å². The predicted molar refractivity (Wildman–Crippen MR) is 115 cm³/mol. The molecular weight excluding hydrogens is 382 g/mol. The number of aromatic nitrogens is 1. The van der Waals surface area contributed by atoms with E-state index in [1.165, 1.54) is 12.3 Å². The predicted octanol–water partition coefficient (Wildman–Crippen LogP) is 4.83. The van der Waals surface area contributed by atoms with Crippen LogP contribution in [-0.4, -0.2) is 20.9 Å². The molecule has 3 rings (SSSR count). The number of pyridine rings is 1. The minimum absolute atomic E-state index is 0.134. The smallest absolute Gasteiger partial charge is 0.279 e. The number of nitro groups is 1. The second-order valence-corrected chi connectivity index (χ2v) is 7.24. The van der Waals surface area contributed by atoms with Crippen molar-refractivity contribution in [2.24, 2.45) is 0 Å². The SMILES string of the molecule is CCCCC(=O)NC(CCc1ccccc1)c1cc([N+](=O)[O-])c2cccnc2c1O. The van der Waals surface area contributed by atoms with Crippen LogP contribution in [-0.2, 0) is 11.2 Å². The number of nitro benzene ring substituents is 1. The van der Waals surface area contributed by atoms with Gasteiger partial charge in [0.1, 0.15) is 11.3 Å². The second-order valence-electron chi connectivity index (χ2n) is 7.24. The first-order chi connectivity index (χ1) is 14.5. The summed E-state index contributed by atoms with van der Waals surface area (Å²) < 4.78 is 0. The van der Waals surface area contributed by atoms with Crippen LogP contribution in [0.5, 0.6) is 5.75 Å². The van der Waals surface area contributed by atoms with Crippen LogP contribution in [0.2, 0.25) is 0 Å². The summed E-state index contributed by atoms with van der Waals surface area (Å²) in [7, 11) is 0. The van der Waals surface area contributed by atoms with E-state index in [-0.39, 0.29) is 28.2 Å². The number of benzene rings is 2. The number of nitrogens with zero attached hydrogens (tertiary/aromatic N) is 2. The van der Waals surface area contributed by atoms with Crippen LogP contribution in [0.1, 0.15) is 49.8 Å². The number of phenolic OH excluding ortho intramolecular Hbond substituents is 1. The lowest BCUT2D eigenvalue weighted by Gasteiger charge is -2.21. The third-order valence-electron chi connectivity index (χ3n) is 5.10. The zero-order valence-electron chi connectivity index (χ0n) is 16.9. The molecule has 0 aliphatic rings. The van der Waals surface area contributed by atoms with Crippen LogP contribution in [0.25, 0.3) is 10.9 Å². The van der Waals surface area contributed by atoms with Crippen LogP contribution < -0.4 is 5.32 Å². The molecule has 1 heterocycles. The number of hydrogen-bond acceptors (Lipinski definition) is 5. The first-order valence-corrected chi connectivity index (χ1v) is 10.1. The Morgan fingerprint density at radius 3 is 2.70 bits per heavy atom. The number of carbonyl (C=O) groups excluding carboxylic acids is 1. The van der Waals surface area contributed by atoms with Gasteiger partial charge in [-0.25, -0.2) is 0 Å². The number of non-ortho nitro benzene ring substituents is 1. The van der Waals surface area contributed by atoms with Gasteiger partial charge < -0.3 is 10.4 Å². The molecule has 7 nitrogen and oxygen atoms in total. The van der Waals surface area contributed by atoms with Gasteiger partial charge in [-0.05, 0) is 37.0 Å². The standard InChI is InChI=1S/C23H25N3O4/c1-2-3-11-21(27)25-19(13-12-16-8-5-4-6-9-16)18-15-20(26(29)30)17-10-7-14-24-22(17)23(18)28/h4-10,14-15,19,28H,2-3,11-13H2,1H3,(H,25,27). The van der Waals surface area contributed by atoms with Crippen LogP contribution >= 0.6 is 0 Å². The lowest BCUT2D eigenvalue weighted by atomic mass is 9.95. The monoisotopic (exact) mass is 407 g/mol. The Kier molecular flexibility index (Phi) is 6.95. The first-order valence-electron chi connectivity index (χ1n) is 10.1. The largest absolute Gasteiger partial charge is 0.505 e. The molecule has 0 spiro atoms. The summed E-state index contributed by atoms with van der Waals surface area (Å²) in [6.07, 6.45) is 4.63. The number of unbranched alkanes of at least 4 members (excludes halogenated alkanes) is 1. The Bertz CT molecular complexity index is 1040. The number of hydrogen-bond donors (Lipinski definition) is 2. The molecule has 1 unspecified atom stereocenters. The van der Waals surface area contributed by atoms with Crippen molar-refractivity contribution in [2.45, 2.75) is 45.1 Å². The third kappa shape index (κ3) is 4.92. The molecule has 3 aromatic rings. The van der Waals surface area contributed by atoms with Crippen molar-refractivity contribution >= 4 is 22.5 Å². The highest BCUT2D eigenvalue weighted by Crippen LogP contribution is 2.38. The number of rotatable bonds is 9. The van der Waals surface area contributed by atoms with Gasteiger partial charge in [0.15, 0.2) is 0 Å². The van der Waals surface area contributed by atoms with Gasteiger partial charge in [-0.15, -0.1) is 0 Å². The maximum atomic E-state index is 12.4. The summed E-state index contributed by atoms with van der Waals surface area (Å²) in [5, 5.41) is 25.8. The van der Waals surface area contributed by atoms with E-state index >= 15 is 0 Å². The number of phenols is 1. The summed E-state index contributed by atoms with van der Waals surface area (Å²) in [5.41, 5.74) is 1.42. The fourth-order valence-corrected chi connectivity index (χ4v) is 3.51. The number of nitrogens with one attached hydrogen (secondary N) is 1. The Morgan fingerprint density at radius 2 is 2.00 bits per heavy atom. The summed E-state index contributed by atoms with van der Waals surface area (Å²) >= 11 is 0. The molecular formula is C23H25N3O4. The van der Waals surface area contributed by atoms with Crippen molar-refractivity contribution in [1.29, 1.82) is 0 Å². The molecule has 0 radical (unpaired) electrons. The highest BCUT2D eigenvalue weighted by Gasteiger charge is 2.25. The van der Waals surface area contributed by atoms with E-state index in [1.54, 1.807) is 12.1 Å². The molecule has 0 saturated carbocycles. The molecule has 1 aromatic heterocycles. The van der Waals surface area contributed by atoms with E-state index in [0.717, 1.165) is 18.4 Å². The summed E-state index contributed by atoms with van der Waals surface area (Å²) in [4.78, 5) is 27.8. The van der Waals surface area contributed by atoms with Gasteiger partial charge in [0.25, 0.3) is 5.69 Å². The van der Waals surface area contributed by atoms with E-state index in [0.29, 0.717) is 24.8 Å². The van der Waals surface area contributed by atoms with Gasteiger partial charge >= 0.3 is 0 Å². The average molecular weight is 407 g/mol. The van der Waals surface area contributed by atoms with Crippen LogP contribution in [0, 0.1) is 10.1 Å². The summed E-state index contributed by atoms with van der Waals surface area (Å²) in [6.45, 7) is 2.00. The molecule has 0 aliphatic carbocycles. The third-order valence-corrected chi connectivity index (χ3v) is 5.10. The van der Waals surface area contributed by atoms with Crippen molar-refractivity contribution in [3.8, 4) is 5.75 Å². The lowest BCUT2D eigenvalue weighted by Crippen LogP contribution is -2.29. The van der Waals surface area contributed by atoms with Crippen molar-refractivity contribution in [3.63, 3.8) is 0 Å². The van der Waals surface area contributed by atoms with Crippen molar-refractivity contribution in [1.82, 2.24) is 10.3 Å². The number of aromatic hydroxyl groups is 1. The van der Waals surface area contributed by atoms with Gasteiger partial charge in [0.2, 0.25) is 5.91 Å². The van der Waals surface area contributed by atoms with Crippen molar-refractivity contribution < 1.29 is 14.8 Å². The number of carbonyl (C=O) groups is 1. The van der Waals surface area contributed by atoms with E-state index in [4.69, 9.17) is 0 Å². The zero-order chi connectivity index (χ0) is 21.5. The molecule has 0 fully saturated rings. The van der Waals surface area contributed by atoms with Gasteiger partial charge in [-0.2, -0.15) is 0 Å². The summed E-state index contributed by atoms with van der Waals surface area (Å²) in [5.74, 6) is -0.275. The molecule has 7 heteroatoms. The Balaban J connectivity index is 2.00. The molecule has 156 valence electrons. The fraction of sp³-hybridized carbons (Fsp3) is 0.304. The van der Waals surface area contributed by atoms with Crippen LogP contribution in [0.15, 0.2) is 54.7 Å². The fourth-order valence-electron chi connectivity index (χ4n) is 3.51. The molecule has 0 aliphatic heterocycles. The van der Waals surface area contributed by atoms with E-state index in [2.05, 4.69) is 10.3 Å². The molecule has 30 heavy (non-hydrogen) atoms. The minimum atomic E-state index is -0.570.